The van der Waals surface area contributed by atoms with Crippen molar-refractivity contribution in [2.45, 2.75) is 51.1 Å². The van der Waals surface area contributed by atoms with Crippen LogP contribution < -0.4 is 0 Å². The quantitative estimate of drug-likeness (QED) is 0.894. The fraction of sp³-hybridized carbons (Fsp3) is 0.500. The molecule has 0 spiro atoms. The summed E-state index contributed by atoms with van der Waals surface area (Å²) in [4.78, 5) is 12.8. The third-order valence-corrected chi connectivity index (χ3v) is 4.39. The number of hydrogen-bond donors (Lipinski definition) is 2. The lowest BCUT2D eigenvalue weighted by molar-refractivity contribution is -0.143. The molecule has 1 heterocycles. The highest BCUT2D eigenvalue weighted by molar-refractivity contribution is 6.22. The number of carbonyl (C=O) groups excluding carboxylic acids is 1. The number of allylic oxidation sites excluding steroid dienone is 1. The van der Waals surface area contributed by atoms with Crippen molar-refractivity contribution in [2.24, 2.45) is 5.92 Å². The molecule has 5 heteroatoms. The number of hydrogen-bond acceptors (Lipinski definition) is 5. The number of aliphatic hydroxyl groups excluding tert-OH is 1. The van der Waals surface area contributed by atoms with Crippen molar-refractivity contribution < 1.29 is 24.5 Å². The SMILES string of the molecule is CC(C)OC1CC(O)C2C(=O)C(c3ccc(O)cc3)=COC2C1. The highest BCUT2D eigenvalue weighted by atomic mass is 16.5. The molecule has 0 amide bonds. The van der Waals surface area contributed by atoms with Crippen LogP contribution in [0.1, 0.15) is 32.3 Å². The molecule has 5 nitrogen and oxygen atoms in total. The maximum atomic E-state index is 12.8. The van der Waals surface area contributed by atoms with Crippen molar-refractivity contribution in [1.82, 2.24) is 0 Å². The van der Waals surface area contributed by atoms with E-state index >= 15 is 0 Å². The summed E-state index contributed by atoms with van der Waals surface area (Å²) in [5, 5.41) is 19.8. The molecule has 1 saturated carbocycles. The third kappa shape index (κ3) is 3.26. The summed E-state index contributed by atoms with van der Waals surface area (Å²) in [6, 6.07) is 6.39. The van der Waals surface area contributed by atoms with Gasteiger partial charge >= 0.3 is 0 Å². The van der Waals surface area contributed by atoms with Gasteiger partial charge in [0.05, 0.1) is 36.1 Å². The zero-order chi connectivity index (χ0) is 16.6. The van der Waals surface area contributed by atoms with Crippen LogP contribution in [-0.4, -0.2) is 40.4 Å². The van der Waals surface area contributed by atoms with Gasteiger partial charge in [-0.2, -0.15) is 0 Å². The largest absolute Gasteiger partial charge is 0.508 e. The molecule has 2 N–H and O–H groups in total. The zero-order valence-electron chi connectivity index (χ0n) is 13.3. The van der Waals surface area contributed by atoms with E-state index in [1.165, 1.54) is 18.4 Å². The molecule has 1 aromatic carbocycles. The Hall–Kier alpha value is -1.85. The Morgan fingerprint density at radius 3 is 2.57 bits per heavy atom. The summed E-state index contributed by atoms with van der Waals surface area (Å²) in [6.07, 6.45) is 1.37. The number of phenols is 1. The van der Waals surface area contributed by atoms with Crippen LogP contribution in [0.25, 0.3) is 5.57 Å². The lowest BCUT2D eigenvalue weighted by Crippen LogP contribution is -2.49. The third-order valence-electron chi connectivity index (χ3n) is 4.39. The molecular weight excluding hydrogens is 296 g/mol. The molecule has 1 aromatic rings. The van der Waals surface area contributed by atoms with Gasteiger partial charge in [-0.05, 0) is 31.5 Å². The van der Waals surface area contributed by atoms with Crippen molar-refractivity contribution in [2.75, 3.05) is 0 Å². The number of fused-ring (bicyclic) bond motifs is 1. The van der Waals surface area contributed by atoms with Crippen molar-refractivity contribution in [3.8, 4) is 5.75 Å². The molecule has 0 aromatic heterocycles. The fourth-order valence-electron chi connectivity index (χ4n) is 3.39. The van der Waals surface area contributed by atoms with Crippen LogP contribution in [-0.2, 0) is 14.3 Å². The summed E-state index contributed by atoms with van der Waals surface area (Å²) in [7, 11) is 0. The van der Waals surface area contributed by atoms with Crippen LogP contribution in [0.4, 0.5) is 0 Å². The van der Waals surface area contributed by atoms with Gasteiger partial charge in [0, 0.05) is 12.8 Å². The highest BCUT2D eigenvalue weighted by Crippen LogP contribution is 2.37. The second kappa shape index (κ2) is 6.34. The molecule has 3 rings (SSSR count). The smallest absolute Gasteiger partial charge is 0.175 e. The average molecular weight is 318 g/mol. The molecule has 124 valence electrons. The number of aliphatic hydroxyl groups is 1. The Kier molecular flexibility index (Phi) is 4.41. The topological polar surface area (TPSA) is 76.0 Å². The second-order valence-electron chi connectivity index (χ2n) is 6.49. The summed E-state index contributed by atoms with van der Waals surface area (Å²) in [5.74, 6) is -0.527. The Morgan fingerprint density at radius 2 is 1.91 bits per heavy atom. The molecule has 4 atom stereocenters. The number of rotatable bonds is 3. The lowest BCUT2D eigenvalue weighted by Gasteiger charge is -2.41. The first-order valence-corrected chi connectivity index (χ1v) is 7.98. The molecule has 1 fully saturated rings. The van der Waals surface area contributed by atoms with E-state index in [9.17, 15) is 15.0 Å². The van der Waals surface area contributed by atoms with E-state index in [2.05, 4.69) is 0 Å². The van der Waals surface area contributed by atoms with E-state index in [0.29, 0.717) is 24.0 Å². The maximum absolute atomic E-state index is 12.8. The Morgan fingerprint density at radius 1 is 1.22 bits per heavy atom. The Bertz CT molecular complexity index is 604. The summed E-state index contributed by atoms with van der Waals surface area (Å²) >= 11 is 0. The van der Waals surface area contributed by atoms with E-state index in [1.807, 2.05) is 13.8 Å². The van der Waals surface area contributed by atoms with Gasteiger partial charge in [0.1, 0.15) is 11.9 Å². The first-order chi connectivity index (χ1) is 11.0. The first-order valence-electron chi connectivity index (χ1n) is 7.98. The molecule has 1 aliphatic heterocycles. The van der Waals surface area contributed by atoms with Crippen molar-refractivity contribution in [1.29, 1.82) is 0 Å². The van der Waals surface area contributed by atoms with E-state index in [-0.39, 0.29) is 29.8 Å². The van der Waals surface area contributed by atoms with E-state index in [1.54, 1.807) is 12.1 Å². The van der Waals surface area contributed by atoms with Crippen molar-refractivity contribution in [3.63, 3.8) is 0 Å². The zero-order valence-corrected chi connectivity index (χ0v) is 13.3. The van der Waals surface area contributed by atoms with Gasteiger partial charge in [-0.15, -0.1) is 0 Å². The van der Waals surface area contributed by atoms with Crippen molar-refractivity contribution >= 4 is 11.4 Å². The lowest BCUT2D eigenvalue weighted by atomic mass is 9.76. The minimum atomic E-state index is -0.772. The van der Waals surface area contributed by atoms with E-state index in [0.717, 1.165) is 0 Å². The Balaban J connectivity index is 1.81. The number of Topliss-reactive ketones (excluding diaryl/α,β-unsaturated/α-hetero) is 1. The molecule has 0 bridgehead atoms. The molecule has 23 heavy (non-hydrogen) atoms. The number of carbonyl (C=O) groups is 1. The van der Waals surface area contributed by atoms with Gasteiger partial charge in [-0.25, -0.2) is 0 Å². The highest BCUT2D eigenvalue weighted by Gasteiger charge is 2.46. The summed E-state index contributed by atoms with van der Waals surface area (Å²) in [6.45, 7) is 3.91. The van der Waals surface area contributed by atoms with E-state index in [4.69, 9.17) is 9.47 Å². The van der Waals surface area contributed by atoms with Gasteiger partial charge in [0.2, 0.25) is 0 Å². The van der Waals surface area contributed by atoms with Gasteiger partial charge in [0.15, 0.2) is 5.78 Å². The molecular formula is C18H22O5. The fourth-order valence-corrected chi connectivity index (χ4v) is 3.39. The van der Waals surface area contributed by atoms with Gasteiger partial charge in [-0.1, -0.05) is 12.1 Å². The van der Waals surface area contributed by atoms with Crippen LogP contribution in [0.15, 0.2) is 30.5 Å². The van der Waals surface area contributed by atoms with Gasteiger partial charge in [-0.3, -0.25) is 4.79 Å². The van der Waals surface area contributed by atoms with Gasteiger partial charge in [0.25, 0.3) is 0 Å². The molecule has 2 aliphatic rings. The number of phenolic OH excluding ortho intramolecular Hbond substituents is 1. The van der Waals surface area contributed by atoms with Crippen LogP contribution in [0.2, 0.25) is 0 Å². The standard InChI is InChI=1S/C18H22O5/c1-10(2)23-13-7-15(20)17-16(8-13)22-9-14(18(17)21)11-3-5-12(19)6-4-11/h3-6,9-10,13,15-17,19-20H,7-8H2,1-2H3. The van der Waals surface area contributed by atoms with Crippen LogP contribution >= 0.6 is 0 Å². The average Bonchev–Trinajstić information content (AvgIpc) is 2.47. The van der Waals surface area contributed by atoms with Crippen molar-refractivity contribution in [3.05, 3.63) is 36.1 Å². The normalized spacial score (nSPS) is 30.6. The summed E-state index contributed by atoms with van der Waals surface area (Å²) in [5.41, 5.74) is 1.12. The minimum Gasteiger partial charge on any atom is -0.508 e. The predicted octanol–water partition coefficient (Wildman–Crippen LogP) is 2.27. The monoisotopic (exact) mass is 318 g/mol. The number of aromatic hydroxyl groups is 1. The molecule has 1 aliphatic carbocycles. The van der Waals surface area contributed by atoms with Crippen LogP contribution in [0.5, 0.6) is 5.75 Å². The number of benzene rings is 1. The Labute approximate surface area is 135 Å². The number of ketones is 1. The molecule has 4 unspecified atom stereocenters. The predicted molar refractivity (Wildman–Crippen MR) is 84.7 cm³/mol. The van der Waals surface area contributed by atoms with Crippen LogP contribution in [0, 0.1) is 5.92 Å². The minimum absolute atomic E-state index is 0.0751. The maximum Gasteiger partial charge on any atom is 0.175 e. The first kappa shape index (κ1) is 16.0. The molecule has 0 saturated heterocycles. The van der Waals surface area contributed by atoms with E-state index < -0.39 is 12.0 Å². The second-order valence-corrected chi connectivity index (χ2v) is 6.49. The van der Waals surface area contributed by atoms with Crippen LogP contribution in [0.3, 0.4) is 0 Å². The van der Waals surface area contributed by atoms with Gasteiger partial charge < -0.3 is 19.7 Å². The number of ether oxygens (including phenoxy) is 2. The molecule has 0 radical (unpaired) electrons. The summed E-state index contributed by atoms with van der Waals surface area (Å²) < 4.78 is 11.5.